The van der Waals surface area contributed by atoms with E-state index in [-0.39, 0.29) is 0 Å². The zero-order chi connectivity index (χ0) is 11.3. The Morgan fingerprint density at radius 3 is 2.56 bits per heavy atom. The number of hydrogen-bond acceptors (Lipinski definition) is 2. The van der Waals surface area contributed by atoms with Crippen LogP contribution in [0, 0.1) is 22.7 Å². The van der Waals surface area contributed by atoms with Gasteiger partial charge >= 0.3 is 0 Å². The summed E-state index contributed by atoms with van der Waals surface area (Å²) in [5.74, 6) is 0.979. The Bertz CT molecular complexity index is 244. The summed E-state index contributed by atoms with van der Waals surface area (Å²) < 4.78 is 0. The van der Waals surface area contributed by atoms with Crippen molar-refractivity contribution in [2.45, 2.75) is 57.8 Å². The molecule has 0 unspecified atom stereocenters. The van der Waals surface area contributed by atoms with E-state index in [0.29, 0.717) is 5.41 Å². The Hall–Kier alpha value is -0.550. The van der Waals surface area contributed by atoms with Gasteiger partial charge in [-0.15, -0.1) is 0 Å². The minimum absolute atomic E-state index is 0.376. The first-order valence-corrected chi connectivity index (χ1v) is 6.92. The third kappa shape index (κ3) is 3.49. The number of hydrogen-bond donors (Lipinski definition) is 1. The lowest BCUT2D eigenvalue weighted by molar-refractivity contribution is 0.328. The van der Waals surface area contributed by atoms with Crippen molar-refractivity contribution >= 4 is 0 Å². The Labute approximate surface area is 99.4 Å². The Morgan fingerprint density at radius 2 is 1.94 bits per heavy atom. The standard InChI is InChI=1S/C14H24N2/c15-10-9-14(7-8-14)12-16-11-6-13-4-2-1-3-5-13/h13,16H,1-9,11-12H2. The predicted molar refractivity (Wildman–Crippen MR) is 66.0 cm³/mol. The number of nitriles is 1. The van der Waals surface area contributed by atoms with E-state index in [2.05, 4.69) is 11.4 Å². The second-order valence-electron chi connectivity index (χ2n) is 5.80. The molecule has 0 radical (unpaired) electrons. The first kappa shape index (κ1) is 11.9. The van der Waals surface area contributed by atoms with Crippen LogP contribution in [0.1, 0.15) is 57.8 Å². The molecule has 0 amide bonds. The maximum absolute atomic E-state index is 8.72. The van der Waals surface area contributed by atoms with E-state index in [1.54, 1.807) is 0 Å². The summed E-state index contributed by atoms with van der Waals surface area (Å²) in [6, 6.07) is 2.32. The number of nitrogens with one attached hydrogen (secondary N) is 1. The summed E-state index contributed by atoms with van der Waals surface area (Å²) in [5, 5.41) is 12.3. The van der Waals surface area contributed by atoms with E-state index in [4.69, 9.17) is 5.26 Å². The van der Waals surface area contributed by atoms with Gasteiger partial charge in [0, 0.05) is 13.0 Å². The second-order valence-corrected chi connectivity index (χ2v) is 5.80. The van der Waals surface area contributed by atoms with Gasteiger partial charge < -0.3 is 5.32 Å². The Morgan fingerprint density at radius 1 is 1.19 bits per heavy atom. The van der Waals surface area contributed by atoms with Crippen molar-refractivity contribution in [1.82, 2.24) is 5.32 Å². The molecule has 0 bridgehead atoms. The molecule has 0 atom stereocenters. The maximum atomic E-state index is 8.72. The Balaban J connectivity index is 1.53. The van der Waals surface area contributed by atoms with Crippen LogP contribution in [0.4, 0.5) is 0 Å². The highest BCUT2D eigenvalue weighted by Gasteiger charge is 2.41. The fraction of sp³-hybridized carbons (Fsp3) is 0.929. The first-order valence-electron chi connectivity index (χ1n) is 6.92. The van der Waals surface area contributed by atoms with Crippen LogP contribution < -0.4 is 5.32 Å². The lowest BCUT2D eigenvalue weighted by Crippen LogP contribution is -2.26. The molecule has 16 heavy (non-hydrogen) atoms. The first-order chi connectivity index (χ1) is 7.85. The molecule has 90 valence electrons. The van der Waals surface area contributed by atoms with E-state index < -0.39 is 0 Å². The van der Waals surface area contributed by atoms with Gasteiger partial charge in [-0.1, -0.05) is 32.1 Å². The quantitative estimate of drug-likeness (QED) is 0.697. The molecule has 0 aromatic heterocycles. The molecule has 2 aliphatic rings. The molecule has 0 aromatic carbocycles. The highest BCUT2D eigenvalue weighted by molar-refractivity contribution is 5.00. The van der Waals surface area contributed by atoms with Gasteiger partial charge in [-0.25, -0.2) is 0 Å². The normalized spacial score (nSPS) is 23.9. The van der Waals surface area contributed by atoms with Crippen molar-refractivity contribution in [2.75, 3.05) is 13.1 Å². The van der Waals surface area contributed by atoms with E-state index in [1.807, 2.05) is 0 Å². The van der Waals surface area contributed by atoms with Gasteiger partial charge in [0.2, 0.25) is 0 Å². The average Bonchev–Trinajstić information content (AvgIpc) is 3.07. The molecule has 2 heteroatoms. The largest absolute Gasteiger partial charge is 0.316 e. The summed E-state index contributed by atoms with van der Waals surface area (Å²) >= 11 is 0. The van der Waals surface area contributed by atoms with Gasteiger partial charge in [0.25, 0.3) is 0 Å². The minimum Gasteiger partial charge on any atom is -0.316 e. The fourth-order valence-electron chi connectivity index (χ4n) is 2.90. The fourth-order valence-corrected chi connectivity index (χ4v) is 2.90. The molecule has 2 fully saturated rings. The van der Waals surface area contributed by atoms with Crippen LogP contribution in [0.2, 0.25) is 0 Å². The van der Waals surface area contributed by atoms with E-state index in [9.17, 15) is 0 Å². The third-order valence-corrected chi connectivity index (χ3v) is 4.37. The Kier molecular flexibility index (Phi) is 4.23. The summed E-state index contributed by atoms with van der Waals surface area (Å²) in [6.45, 7) is 2.24. The van der Waals surface area contributed by atoms with Crippen LogP contribution >= 0.6 is 0 Å². The molecule has 1 N–H and O–H groups in total. The van der Waals surface area contributed by atoms with Crippen molar-refractivity contribution in [1.29, 1.82) is 5.26 Å². The SMILES string of the molecule is N#CCC1(CNCCC2CCCCC2)CC1. The van der Waals surface area contributed by atoms with Gasteiger partial charge in [-0.05, 0) is 37.1 Å². The molecule has 2 saturated carbocycles. The summed E-state index contributed by atoms with van der Waals surface area (Å²) in [5.41, 5.74) is 0.376. The van der Waals surface area contributed by atoms with Crippen molar-refractivity contribution in [3.63, 3.8) is 0 Å². The van der Waals surface area contributed by atoms with Gasteiger partial charge in [-0.3, -0.25) is 0 Å². The molecule has 2 nitrogen and oxygen atoms in total. The van der Waals surface area contributed by atoms with Crippen LogP contribution in [0.3, 0.4) is 0 Å². The van der Waals surface area contributed by atoms with Crippen molar-refractivity contribution in [3.8, 4) is 6.07 Å². The van der Waals surface area contributed by atoms with Crippen molar-refractivity contribution in [2.24, 2.45) is 11.3 Å². The molecule has 0 aliphatic heterocycles. The van der Waals surface area contributed by atoms with Gasteiger partial charge in [0.05, 0.1) is 6.07 Å². The lowest BCUT2D eigenvalue weighted by Gasteiger charge is -2.22. The van der Waals surface area contributed by atoms with E-state index >= 15 is 0 Å². The van der Waals surface area contributed by atoms with Gasteiger partial charge in [-0.2, -0.15) is 5.26 Å². The second kappa shape index (κ2) is 5.68. The van der Waals surface area contributed by atoms with Gasteiger partial charge in [0.1, 0.15) is 0 Å². The van der Waals surface area contributed by atoms with Crippen LogP contribution in [-0.4, -0.2) is 13.1 Å². The predicted octanol–water partition coefficient (Wildman–Crippen LogP) is 3.24. The van der Waals surface area contributed by atoms with Crippen LogP contribution in [0.25, 0.3) is 0 Å². The monoisotopic (exact) mass is 220 g/mol. The molecular weight excluding hydrogens is 196 g/mol. The molecule has 2 rings (SSSR count). The number of nitrogens with zero attached hydrogens (tertiary/aromatic N) is 1. The van der Waals surface area contributed by atoms with E-state index in [1.165, 1.54) is 51.4 Å². The third-order valence-electron chi connectivity index (χ3n) is 4.37. The molecule has 0 spiro atoms. The molecule has 0 aromatic rings. The van der Waals surface area contributed by atoms with Crippen LogP contribution in [0.15, 0.2) is 0 Å². The summed E-state index contributed by atoms with van der Waals surface area (Å²) in [6.07, 6.45) is 11.9. The molecule has 0 saturated heterocycles. The maximum Gasteiger partial charge on any atom is 0.0628 e. The van der Waals surface area contributed by atoms with Crippen molar-refractivity contribution in [3.05, 3.63) is 0 Å². The zero-order valence-corrected chi connectivity index (χ0v) is 10.3. The average molecular weight is 220 g/mol. The van der Waals surface area contributed by atoms with E-state index in [0.717, 1.165) is 25.4 Å². The zero-order valence-electron chi connectivity index (χ0n) is 10.3. The summed E-state index contributed by atoms with van der Waals surface area (Å²) in [7, 11) is 0. The van der Waals surface area contributed by atoms with Gasteiger partial charge in [0.15, 0.2) is 0 Å². The topological polar surface area (TPSA) is 35.8 Å². The van der Waals surface area contributed by atoms with Crippen LogP contribution in [0.5, 0.6) is 0 Å². The molecule has 0 heterocycles. The van der Waals surface area contributed by atoms with Crippen LogP contribution in [-0.2, 0) is 0 Å². The van der Waals surface area contributed by atoms with Crippen molar-refractivity contribution < 1.29 is 0 Å². The summed E-state index contributed by atoms with van der Waals surface area (Å²) in [4.78, 5) is 0. The molecule has 2 aliphatic carbocycles. The highest BCUT2D eigenvalue weighted by atomic mass is 14.9. The lowest BCUT2D eigenvalue weighted by atomic mass is 9.87. The molecular formula is C14H24N2. The number of rotatable bonds is 6. The minimum atomic E-state index is 0.376. The highest BCUT2D eigenvalue weighted by Crippen LogP contribution is 2.47. The smallest absolute Gasteiger partial charge is 0.0628 e.